The molecule has 0 unspecified atom stereocenters. The summed E-state index contributed by atoms with van der Waals surface area (Å²) in [5.41, 5.74) is 2.80. The third kappa shape index (κ3) is 5.49. The topological polar surface area (TPSA) is 168 Å². The van der Waals surface area contributed by atoms with Crippen molar-refractivity contribution in [3.8, 4) is 0 Å². The number of carbonyl (C=O) groups is 1. The van der Waals surface area contributed by atoms with Crippen LogP contribution in [-0.2, 0) is 27.5 Å². The molecule has 4 heterocycles. The molecule has 188 valence electrons. The largest absolute Gasteiger partial charge is 0.393 e. The zero-order valence-electron chi connectivity index (χ0n) is 19.2. The molecule has 1 fully saturated rings. The summed E-state index contributed by atoms with van der Waals surface area (Å²) in [5, 5.41) is 19.6. The molecule has 0 amide bonds. The summed E-state index contributed by atoms with van der Waals surface area (Å²) in [5.74, 6) is -0.681. The predicted molar refractivity (Wildman–Crippen MR) is 127 cm³/mol. The first-order chi connectivity index (χ1) is 17.2. The van der Waals surface area contributed by atoms with E-state index in [4.69, 9.17) is 5.14 Å². The fraction of sp³-hybridized carbons (Fsp3) is 0.348. The monoisotopic (exact) mass is 511 g/mol. The number of nitrogens with two attached hydrogens (primary N) is 1. The van der Waals surface area contributed by atoms with Crippen molar-refractivity contribution in [3.63, 3.8) is 0 Å². The van der Waals surface area contributed by atoms with Crippen LogP contribution in [0.25, 0.3) is 5.65 Å². The summed E-state index contributed by atoms with van der Waals surface area (Å²) < 4.78 is 30.4. The van der Waals surface area contributed by atoms with Crippen LogP contribution in [0.15, 0.2) is 55.4 Å². The Bertz CT molecular complexity index is 1470. The molecule has 0 saturated heterocycles. The third-order valence-corrected chi connectivity index (χ3v) is 6.80. The lowest BCUT2D eigenvalue weighted by Crippen LogP contribution is -2.24. The first-order valence-corrected chi connectivity index (χ1v) is 12.9. The second-order valence-corrected chi connectivity index (χ2v) is 10.2. The molecule has 3 N–H and O–H groups in total. The molecule has 0 bridgehead atoms. The number of aliphatic hydroxyl groups is 1. The minimum absolute atomic E-state index is 0.0110. The van der Waals surface area contributed by atoms with Crippen molar-refractivity contribution >= 4 is 21.7 Å². The number of ketones is 1. The highest BCUT2D eigenvalue weighted by Gasteiger charge is 2.35. The van der Waals surface area contributed by atoms with E-state index in [-0.39, 0.29) is 29.9 Å². The third-order valence-electron chi connectivity index (χ3n) is 6.33. The minimum atomic E-state index is -4.08. The maximum absolute atomic E-state index is 13.3. The first kappa shape index (κ1) is 24.2. The molecule has 5 rings (SSSR count). The van der Waals surface area contributed by atoms with Crippen LogP contribution in [-0.4, -0.2) is 61.2 Å². The van der Waals surface area contributed by atoms with E-state index >= 15 is 0 Å². The molecule has 0 spiro atoms. The van der Waals surface area contributed by atoms with Crippen LogP contribution >= 0.6 is 0 Å². The van der Waals surface area contributed by atoms with Gasteiger partial charge in [0, 0.05) is 30.7 Å². The maximum atomic E-state index is 13.3. The van der Waals surface area contributed by atoms with Crippen LogP contribution in [0.3, 0.4) is 0 Å². The van der Waals surface area contributed by atoms with Crippen molar-refractivity contribution in [2.75, 3.05) is 6.61 Å². The van der Waals surface area contributed by atoms with Crippen molar-refractivity contribution in [3.05, 3.63) is 78.0 Å². The van der Waals surface area contributed by atoms with Gasteiger partial charge in [-0.1, -0.05) is 6.07 Å². The van der Waals surface area contributed by atoms with Crippen molar-refractivity contribution in [1.82, 2.24) is 29.1 Å². The average molecular weight is 512 g/mol. The molecule has 4 aromatic rings. The van der Waals surface area contributed by atoms with Crippen molar-refractivity contribution < 1.29 is 22.5 Å². The highest BCUT2D eigenvalue weighted by atomic mass is 32.2. The highest BCUT2D eigenvalue weighted by Crippen LogP contribution is 2.34. The molecule has 0 aliphatic heterocycles. The minimum Gasteiger partial charge on any atom is -0.393 e. The zero-order valence-corrected chi connectivity index (χ0v) is 20.0. The van der Waals surface area contributed by atoms with Gasteiger partial charge in [-0.25, -0.2) is 20.1 Å². The lowest BCUT2D eigenvalue weighted by molar-refractivity contribution is 0.100. The Hall–Kier alpha value is -3.52. The lowest BCUT2D eigenvalue weighted by atomic mass is 9.96. The summed E-state index contributed by atoms with van der Waals surface area (Å²) in [6, 6.07) is 7.40. The molecule has 4 aromatic heterocycles. The van der Waals surface area contributed by atoms with Gasteiger partial charge >= 0.3 is 10.3 Å². The number of hydrogen-bond acceptors (Lipinski definition) is 9. The van der Waals surface area contributed by atoms with Gasteiger partial charge in [-0.05, 0) is 43.4 Å². The molecule has 1 aliphatic carbocycles. The van der Waals surface area contributed by atoms with E-state index in [2.05, 4.69) is 24.2 Å². The van der Waals surface area contributed by atoms with Gasteiger partial charge in [0.25, 0.3) is 0 Å². The molecule has 1 saturated carbocycles. The Morgan fingerprint density at radius 1 is 1.22 bits per heavy atom. The van der Waals surface area contributed by atoms with Crippen LogP contribution in [0.4, 0.5) is 0 Å². The van der Waals surface area contributed by atoms with Gasteiger partial charge in [-0.3, -0.25) is 13.7 Å². The van der Waals surface area contributed by atoms with E-state index in [1.165, 1.54) is 12.5 Å². The van der Waals surface area contributed by atoms with Crippen LogP contribution in [0.1, 0.15) is 40.3 Å². The van der Waals surface area contributed by atoms with Gasteiger partial charge in [-0.2, -0.15) is 13.5 Å². The molecule has 12 nitrogen and oxygen atoms in total. The number of nitrogens with zero attached hydrogens (tertiary/aromatic N) is 6. The van der Waals surface area contributed by atoms with Gasteiger partial charge in [-0.15, -0.1) is 0 Å². The fourth-order valence-corrected chi connectivity index (χ4v) is 5.03. The quantitative estimate of drug-likeness (QED) is 0.308. The Kier molecular flexibility index (Phi) is 6.62. The predicted octanol–water partition coefficient (Wildman–Crippen LogP) is 0.750. The van der Waals surface area contributed by atoms with E-state index in [0.29, 0.717) is 37.1 Å². The molecule has 0 aromatic carbocycles. The number of rotatable bonds is 9. The van der Waals surface area contributed by atoms with E-state index in [1.807, 2.05) is 35.0 Å². The molecular formula is C23H25N7O5S. The SMILES string of the molecule is NS(=O)(=O)OC[C@H]1C[C@@H](Cc2ncncc2C(=O)c2ccn(Cc3cn4ccccc4n3)n2)C[C@@H]1O. The number of imidazole rings is 1. The summed E-state index contributed by atoms with van der Waals surface area (Å²) in [6.07, 6.45) is 9.05. The molecule has 13 heteroatoms. The number of pyridine rings is 1. The molecule has 3 atom stereocenters. The van der Waals surface area contributed by atoms with Crippen molar-refractivity contribution in [1.29, 1.82) is 0 Å². The highest BCUT2D eigenvalue weighted by molar-refractivity contribution is 7.84. The van der Waals surface area contributed by atoms with E-state index in [1.54, 1.807) is 16.9 Å². The van der Waals surface area contributed by atoms with Gasteiger partial charge in [0.1, 0.15) is 17.7 Å². The van der Waals surface area contributed by atoms with Crippen molar-refractivity contribution in [2.45, 2.75) is 31.9 Å². The number of hydrogen-bond donors (Lipinski definition) is 2. The molecular weight excluding hydrogens is 486 g/mol. The molecule has 36 heavy (non-hydrogen) atoms. The summed E-state index contributed by atoms with van der Waals surface area (Å²) in [7, 11) is -4.08. The number of aromatic nitrogens is 6. The number of aliphatic hydroxyl groups excluding tert-OH is 1. The first-order valence-electron chi connectivity index (χ1n) is 11.4. The second kappa shape index (κ2) is 9.85. The van der Waals surface area contributed by atoms with E-state index in [0.717, 1.165) is 11.3 Å². The zero-order chi connectivity index (χ0) is 25.3. The van der Waals surface area contributed by atoms with Gasteiger partial charge in [0.15, 0.2) is 0 Å². The van der Waals surface area contributed by atoms with Gasteiger partial charge in [0.05, 0.1) is 36.2 Å². The van der Waals surface area contributed by atoms with E-state index < -0.39 is 16.4 Å². The molecule has 1 aliphatic rings. The maximum Gasteiger partial charge on any atom is 0.333 e. The fourth-order valence-electron chi connectivity index (χ4n) is 4.66. The standard InChI is InChI=1S/C23H25N7O5S/c24-36(33,34)35-13-16-7-15(9-21(16)31)8-20-18(10-25-14-26-20)23(32)19-4-6-30(28-19)12-17-11-29-5-2-1-3-22(29)27-17/h1-6,10-11,14-16,21,31H,7-9,12-13H2,(H2,24,33,34)/t15-,16+,21-/m0/s1. The number of carbonyl (C=O) groups excluding carboxylic acids is 1. The normalized spacial score (nSPS) is 20.2. The number of fused-ring (bicyclic) bond motifs is 1. The van der Waals surface area contributed by atoms with E-state index in [9.17, 15) is 18.3 Å². The Balaban J connectivity index is 1.27. The van der Waals surface area contributed by atoms with Gasteiger partial charge < -0.3 is 9.51 Å². The van der Waals surface area contributed by atoms with Crippen LogP contribution in [0.2, 0.25) is 0 Å². The van der Waals surface area contributed by atoms with Crippen molar-refractivity contribution in [2.24, 2.45) is 17.0 Å². The smallest absolute Gasteiger partial charge is 0.333 e. The summed E-state index contributed by atoms with van der Waals surface area (Å²) in [4.78, 5) is 26.2. The van der Waals surface area contributed by atoms with Crippen LogP contribution < -0.4 is 5.14 Å². The Morgan fingerprint density at radius 2 is 2.08 bits per heavy atom. The van der Waals surface area contributed by atoms with Crippen LogP contribution in [0, 0.1) is 11.8 Å². The summed E-state index contributed by atoms with van der Waals surface area (Å²) in [6.45, 7) is 0.227. The molecule has 0 radical (unpaired) electrons. The Morgan fingerprint density at radius 3 is 2.89 bits per heavy atom. The summed E-state index contributed by atoms with van der Waals surface area (Å²) >= 11 is 0. The lowest BCUT2D eigenvalue weighted by Gasteiger charge is -2.13. The average Bonchev–Trinajstić information content (AvgIpc) is 3.55. The second-order valence-electron chi connectivity index (χ2n) is 8.96. The van der Waals surface area contributed by atoms with Gasteiger partial charge in [0.2, 0.25) is 5.78 Å². The Labute approximate surface area is 207 Å². The van der Waals surface area contributed by atoms with Crippen LogP contribution in [0.5, 0.6) is 0 Å².